The highest BCUT2D eigenvalue weighted by atomic mass is 35.5. The number of rotatable bonds is 5. The largest absolute Gasteiger partial charge is 0.464 e. The maximum Gasteiger partial charge on any atom is 0.356 e. The van der Waals surface area contributed by atoms with Gasteiger partial charge in [-0.1, -0.05) is 29.8 Å². The van der Waals surface area contributed by atoms with Crippen LogP contribution in [0.3, 0.4) is 0 Å². The Kier molecular flexibility index (Phi) is 6.39. The lowest BCUT2D eigenvalue weighted by atomic mass is 10.1. The van der Waals surface area contributed by atoms with Gasteiger partial charge in [0.25, 0.3) is 5.91 Å². The van der Waals surface area contributed by atoms with Crippen molar-refractivity contribution in [2.75, 3.05) is 50.1 Å². The van der Waals surface area contributed by atoms with E-state index in [0.29, 0.717) is 12.2 Å². The summed E-state index contributed by atoms with van der Waals surface area (Å²) < 4.78 is 4.91. The lowest BCUT2D eigenvalue weighted by Crippen LogP contribution is -3.15. The van der Waals surface area contributed by atoms with Crippen molar-refractivity contribution >= 4 is 45.8 Å². The molecule has 4 rings (SSSR count). The number of ether oxygens (including phenoxy) is 1. The van der Waals surface area contributed by atoms with Crippen LogP contribution in [0.2, 0.25) is 5.02 Å². The van der Waals surface area contributed by atoms with E-state index < -0.39 is 5.97 Å². The number of esters is 1. The smallest absolute Gasteiger partial charge is 0.356 e. The molecule has 168 valence electrons. The van der Waals surface area contributed by atoms with E-state index in [-0.39, 0.29) is 11.6 Å². The molecule has 1 fully saturated rings. The van der Waals surface area contributed by atoms with Gasteiger partial charge in [0.2, 0.25) is 0 Å². The van der Waals surface area contributed by atoms with Gasteiger partial charge in [-0.3, -0.25) is 4.79 Å². The highest BCUT2D eigenvalue weighted by Crippen LogP contribution is 2.31. The van der Waals surface area contributed by atoms with Crippen molar-refractivity contribution in [3.63, 3.8) is 0 Å². The van der Waals surface area contributed by atoms with Crippen LogP contribution in [-0.2, 0) is 9.53 Å². The SMILES string of the molecule is COC(=O)c1[nH]c2cccc(C)c2c1NC(=O)C[NH+]1CCN(c2cc(Cl)ccc2C)CC1. The summed E-state index contributed by atoms with van der Waals surface area (Å²) in [6.45, 7) is 7.76. The number of carbonyl (C=O) groups excluding carboxylic acids is 2. The summed E-state index contributed by atoms with van der Waals surface area (Å²) in [6.07, 6.45) is 0. The van der Waals surface area contributed by atoms with Crippen molar-refractivity contribution in [2.45, 2.75) is 13.8 Å². The molecule has 3 N–H and O–H groups in total. The number of nitrogens with zero attached hydrogens (tertiary/aromatic N) is 1. The van der Waals surface area contributed by atoms with E-state index in [0.717, 1.165) is 53.4 Å². The first-order chi connectivity index (χ1) is 15.4. The minimum atomic E-state index is -0.506. The van der Waals surface area contributed by atoms with Crippen LogP contribution in [0.4, 0.5) is 11.4 Å². The monoisotopic (exact) mass is 455 g/mol. The summed E-state index contributed by atoms with van der Waals surface area (Å²) in [7, 11) is 1.33. The third-order valence-corrected chi connectivity index (χ3v) is 6.31. The highest BCUT2D eigenvalue weighted by molar-refractivity contribution is 6.30. The first kappa shape index (κ1) is 22.2. The van der Waals surface area contributed by atoms with Crippen molar-refractivity contribution in [3.05, 3.63) is 58.2 Å². The molecule has 0 saturated carbocycles. The van der Waals surface area contributed by atoms with Gasteiger partial charge in [-0.25, -0.2) is 4.79 Å². The van der Waals surface area contributed by atoms with Gasteiger partial charge < -0.3 is 24.8 Å². The number of fused-ring (bicyclic) bond motifs is 1. The standard InChI is InChI=1S/C24H27ClN4O3/c1-15-7-8-17(25)13-19(15)29-11-9-28(10-12-29)14-20(30)27-22-21-16(2)5-4-6-18(21)26-23(22)24(31)32-3/h4-8,13,26H,9-12,14H2,1-3H3,(H,27,30)/p+1. The third kappa shape index (κ3) is 4.45. The van der Waals surface area contributed by atoms with E-state index in [1.54, 1.807) is 0 Å². The molecule has 1 amide bonds. The number of halogens is 1. The van der Waals surface area contributed by atoms with Crippen molar-refractivity contribution in [3.8, 4) is 0 Å². The predicted octanol–water partition coefficient (Wildman–Crippen LogP) is 2.57. The number of hydrogen-bond acceptors (Lipinski definition) is 4. The molecule has 0 aliphatic carbocycles. The highest BCUT2D eigenvalue weighted by Gasteiger charge is 2.26. The van der Waals surface area contributed by atoms with Gasteiger partial charge in [-0.05, 0) is 43.2 Å². The van der Waals surface area contributed by atoms with E-state index >= 15 is 0 Å². The number of methoxy groups -OCH3 is 1. The first-order valence-corrected chi connectivity index (χ1v) is 11.1. The molecule has 3 aromatic rings. The fraction of sp³-hybridized carbons (Fsp3) is 0.333. The van der Waals surface area contributed by atoms with Crippen molar-refractivity contribution < 1.29 is 19.2 Å². The number of H-pyrrole nitrogens is 1. The number of aromatic nitrogens is 1. The Hall–Kier alpha value is -3.03. The first-order valence-electron chi connectivity index (χ1n) is 10.7. The molecular formula is C24H28ClN4O3+. The van der Waals surface area contributed by atoms with Crippen LogP contribution in [0.5, 0.6) is 0 Å². The molecule has 0 spiro atoms. The zero-order chi connectivity index (χ0) is 22.8. The number of aromatic amines is 1. The van der Waals surface area contributed by atoms with E-state index in [2.05, 4.69) is 22.1 Å². The van der Waals surface area contributed by atoms with E-state index in [1.165, 1.54) is 17.6 Å². The molecule has 0 atom stereocenters. The van der Waals surface area contributed by atoms with E-state index in [1.807, 2.05) is 43.3 Å². The van der Waals surface area contributed by atoms with Crippen LogP contribution >= 0.6 is 11.6 Å². The Bertz CT molecular complexity index is 1170. The molecule has 0 unspecified atom stereocenters. The number of amides is 1. The minimum Gasteiger partial charge on any atom is -0.464 e. The average Bonchev–Trinajstić information content (AvgIpc) is 3.15. The van der Waals surface area contributed by atoms with Crippen LogP contribution in [0.15, 0.2) is 36.4 Å². The van der Waals surface area contributed by atoms with E-state index in [9.17, 15) is 9.59 Å². The van der Waals surface area contributed by atoms with Gasteiger partial charge in [-0.15, -0.1) is 0 Å². The normalized spacial score (nSPS) is 14.6. The molecular weight excluding hydrogens is 428 g/mol. The second-order valence-electron chi connectivity index (χ2n) is 8.26. The molecule has 0 radical (unpaired) electrons. The molecule has 1 aliphatic rings. The Morgan fingerprint density at radius 3 is 2.62 bits per heavy atom. The quantitative estimate of drug-likeness (QED) is 0.517. The van der Waals surface area contributed by atoms with Gasteiger partial charge in [0.15, 0.2) is 6.54 Å². The molecule has 1 aromatic heterocycles. The van der Waals surface area contributed by atoms with Crippen molar-refractivity contribution in [1.82, 2.24) is 4.98 Å². The molecule has 0 bridgehead atoms. The predicted molar refractivity (Wildman–Crippen MR) is 127 cm³/mol. The van der Waals surface area contributed by atoms with Crippen molar-refractivity contribution in [2.24, 2.45) is 0 Å². The molecule has 2 heterocycles. The third-order valence-electron chi connectivity index (χ3n) is 6.08. The zero-order valence-corrected chi connectivity index (χ0v) is 19.3. The lowest BCUT2D eigenvalue weighted by Gasteiger charge is -2.34. The maximum atomic E-state index is 12.9. The van der Waals surface area contributed by atoms with Gasteiger partial charge in [0, 0.05) is 21.6 Å². The van der Waals surface area contributed by atoms with Crippen LogP contribution in [0.25, 0.3) is 10.9 Å². The molecule has 32 heavy (non-hydrogen) atoms. The minimum absolute atomic E-state index is 0.123. The summed E-state index contributed by atoms with van der Waals surface area (Å²) in [5, 5.41) is 4.54. The summed E-state index contributed by atoms with van der Waals surface area (Å²) in [5.41, 5.74) is 4.86. The molecule has 1 aliphatic heterocycles. The lowest BCUT2D eigenvalue weighted by molar-refractivity contribution is -0.892. The number of quaternary nitrogens is 1. The van der Waals surface area contributed by atoms with Gasteiger partial charge in [0.1, 0.15) is 5.69 Å². The van der Waals surface area contributed by atoms with Gasteiger partial charge in [-0.2, -0.15) is 0 Å². The number of anilines is 2. The topological polar surface area (TPSA) is 78.9 Å². The summed E-state index contributed by atoms with van der Waals surface area (Å²) in [5.74, 6) is -0.629. The number of aryl methyl sites for hydroxylation is 2. The second-order valence-corrected chi connectivity index (χ2v) is 8.69. The van der Waals surface area contributed by atoms with Crippen LogP contribution in [0, 0.1) is 13.8 Å². The summed E-state index contributed by atoms with van der Waals surface area (Å²) in [4.78, 5) is 31.8. The second kappa shape index (κ2) is 9.22. The summed E-state index contributed by atoms with van der Waals surface area (Å²) in [6, 6.07) is 11.7. The molecule has 1 saturated heterocycles. The fourth-order valence-electron chi connectivity index (χ4n) is 4.38. The zero-order valence-electron chi connectivity index (χ0n) is 18.5. The van der Waals surface area contributed by atoms with Crippen LogP contribution in [-0.4, -0.2) is 56.7 Å². The number of carbonyl (C=O) groups is 2. The molecule has 8 heteroatoms. The van der Waals surface area contributed by atoms with Crippen LogP contribution < -0.4 is 15.1 Å². The number of nitrogens with one attached hydrogen (secondary N) is 3. The molecule has 7 nitrogen and oxygen atoms in total. The van der Waals surface area contributed by atoms with Crippen LogP contribution in [0.1, 0.15) is 21.6 Å². The van der Waals surface area contributed by atoms with E-state index in [4.69, 9.17) is 16.3 Å². The van der Waals surface area contributed by atoms with Gasteiger partial charge >= 0.3 is 5.97 Å². The Labute approximate surface area is 192 Å². The number of piperazine rings is 1. The Balaban J connectivity index is 1.44. The Morgan fingerprint density at radius 1 is 1.16 bits per heavy atom. The maximum absolute atomic E-state index is 12.9. The number of benzene rings is 2. The fourth-order valence-corrected chi connectivity index (χ4v) is 4.55. The molecule has 2 aromatic carbocycles. The van der Waals surface area contributed by atoms with Crippen molar-refractivity contribution in [1.29, 1.82) is 0 Å². The van der Waals surface area contributed by atoms with Gasteiger partial charge in [0.05, 0.1) is 39.0 Å². The summed E-state index contributed by atoms with van der Waals surface area (Å²) >= 11 is 6.18. The average molecular weight is 456 g/mol. The Morgan fingerprint density at radius 2 is 1.91 bits per heavy atom. The number of hydrogen-bond donors (Lipinski definition) is 3.